The van der Waals surface area contributed by atoms with Gasteiger partial charge in [0, 0.05) is 37.8 Å². The van der Waals surface area contributed by atoms with Gasteiger partial charge in [0.2, 0.25) is 11.8 Å². The van der Waals surface area contributed by atoms with Gasteiger partial charge in [-0.05, 0) is 24.8 Å². The average Bonchev–Trinajstić information content (AvgIpc) is 3.06. The number of piperazine rings is 1. The molecule has 6 nitrogen and oxygen atoms in total. The molecule has 1 unspecified atom stereocenters. The van der Waals surface area contributed by atoms with Gasteiger partial charge >= 0.3 is 0 Å². The third-order valence-electron chi connectivity index (χ3n) is 5.32. The molecule has 2 aliphatic rings. The smallest absolute Gasteiger partial charge is 0.232 e. The molecule has 0 radical (unpaired) electrons. The van der Waals surface area contributed by atoms with Crippen molar-refractivity contribution in [1.29, 1.82) is 0 Å². The number of benzene rings is 1. The van der Waals surface area contributed by atoms with Crippen LogP contribution in [0.15, 0.2) is 30.3 Å². The minimum absolute atomic E-state index is 0.0430. The van der Waals surface area contributed by atoms with Crippen LogP contribution in [0.3, 0.4) is 0 Å². The second-order valence-electron chi connectivity index (χ2n) is 7.44. The second kappa shape index (κ2) is 9.78. The van der Waals surface area contributed by atoms with Gasteiger partial charge in [0.1, 0.15) is 0 Å². The molecule has 28 heavy (non-hydrogen) atoms. The molecule has 0 N–H and O–H groups in total. The lowest BCUT2D eigenvalue weighted by molar-refractivity contribution is -0.138. The Morgan fingerprint density at radius 3 is 2.25 bits per heavy atom. The number of thioether (sulfide) groups is 1. The Hall–Kier alpha value is -1.54. The lowest BCUT2D eigenvalue weighted by Gasteiger charge is -2.35. The van der Waals surface area contributed by atoms with E-state index in [1.54, 1.807) is 4.90 Å². The lowest BCUT2D eigenvalue weighted by atomic mass is 10.1. The highest BCUT2D eigenvalue weighted by atomic mass is 32.2. The van der Waals surface area contributed by atoms with Crippen molar-refractivity contribution in [1.82, 2.24) is 9.80 Å². The van der Waals surface area contributed by atoms with Gasteiger partial charge in [0.15, 0.2) is 9.84 Å². The van der Waals surface area contributed by atoms with Crippen molar-refractivity contribution in [3.63, 3.8) is 0 Å². The van der Waals surface area contributed by atoms with Crippen LogP contribution >= 0.6 is 11.8 Å². The predicted molar refractivity (Wildman–Crippen MR) is 112 cm³/mol. The van der Waals surface area contributed by atoms with Crippen LogP contribution in [0.25, 0.3) is 0 Å². The number of carbonyl (C=O) groups excluding carboxylic acids is 2. The molecule has 2 fully saturated rings. The molecule has 8 heteroatoms. The molecule has 1 atom stereocenters. The van der Waals surface area contributed by atoms with Gasteiger partial charge in [-0.3, -0.25) is 9.59 Å². The topological polar surface area (TPSA) is 74.8 Å². The molecule has 0 aromatic heterocycles. The highest BCUT2D eigenvalue weighted by Gasteiger charge is 2.30. The first-order valence-electron chi connectivity index (χ1n) is 9.84. The molecule has 0 aliphatic carbocycles. The summed E-state index contributed by atoms with van der Waals surface area (Å²) in [5, 5.41) is 0.0430. The summed E-state index contributed by atoms with van der Waals surface area (Å²) in [6.07, 6.45) is 2.92. The van der Waals surface area contributed by atoms with E-state index in [1.165, 1.54) is 17.3 Å². The molecule has 0 spiro atoms. The van der Waals surface area contributed by atoms with Crippen molar-refractivity contribution >= 4 is 33.4 Å². The number of hydrogen-bond donors (Lipinski definition) is 0. The summed E-state index contributed by atoms with van der Waals surface area (Å²) in [5.41, 5.74) is 1.25. The largest absolute Gasteiger partial charge is 0.339 e. The van der Waals surface area contributed by atoms with E-state index >= 15 is 0 Å². The lowest BCUT2D eigenvalue weighted by Crippen LogP contribution is -2.51. The summed E-state index contributed by atoms with van der Waals surface area (Å²) < 4.78 is 23.0. The van der Waals surface area contributed by atoms with E-state index in [-0.39, 0.29) is 28.6 Å². The van der Waals surface area contributed by atoms with E-state index in [1.807, 2.05) is 23.1 Å². The zero-order valence-corrected chi connectivity index (χ0v) is 17.7. The fourth-order valence-corrected chi connectivity index (χ4v) is 7.17. The van der Waals surface area contributed by atoms with Gasteiger partial charge in [0.25, 0.3) is 0 Å². The highest BCUT2D eigenvalue weighted by molar-refractivity contribution is 8.02. The van der Waals surface area contributed by atoms with E-state index < -0.39 is 9.84 Å². The maximum absolute atomic E-state index is 12.4. The first kappa shape index (κ1) is 21.2. The molecule has 154 valence electrons. The van der Waals surface area contributed by atoms with Gasteiger partial charge in [-0.15, -0.1) is 11.8 Å². The van der Waals surface area contributed by atoms with Crippen LogP contribution in [0.5, 0.6) is 0 Å². The summed E-state index contributed by atoms with van der Waals surface area (Å²) in [6.45, 7) is 2.29. The second-order valence-corrected chi connectivity index (χ2v) is 11.0. The minimum atomic E-state index is -2.90. The van der Waals surface area contributed by atoms with Gasteiger partial charge < -0.3 is 9.80 Å². The number of aryl methyl sites for hydroxylation is 1. The van der Waals surface area contributed by atoms with Gasteiger partial charge in [-0.25, -0.2) is 8.42 Å². The molecular formula is C20H28N2O4S2. The molecule has 2 saturated heterocycles. The van der Waals surface area contributed by atoms with Crippen LogP contribution in [0.1, 0.15) is 24.8 Å². The maximum atomic E-state index is 12.4. The summed E-state index contributed by atoms with van der Waals surface area (Å²) in [7, 11) is -2.90. The van der Waals surface area contributed by atoms with Crippen LogP contribution in [0, 0.1) is 0 Å². The van der Waals surface area contributed by atoms with Gasteiger partial charge in [-0.2, -0.15) is 0 Å². The van der Waals surface area contributed by atoms with E-state index in [4.69, 9.17) is 0 Å². The molecule has 2 heterocycles. The standard InChI is InChI=1S/C20H28N2O4S2/c23-19(8-4-7-17-5-2-1-3-6-17)21-10-12-22(13-11-21)20(24)15-27-18-9-14-28(25,26)16-18/h1-3,5-6,18H,4,7-16H2. The Bertz CT molecular complexity index is 775. The Balaban J connectivity index is 1.33. The van der Waals surface area contributed by atoms with Crippen molar-refractivity contribution in [3.8, 4) is 0 Å². The van der Waals surface area contributed by atoms with E-state index in [2.05, 4.69) is 12.1 Å². The Morgan fingerprint density at radius 1 is 1.00 bits per heavy atom. The molecule has 1 aromatic carbocycles. The maximum Gasteiger partial charge on any atom is 0.232 e. The average molecular weight is 425 g/mol. The SMILES string of the molecule is O=C(CCCc1ccccc1)N1CCN(C(=O)CSC2CCS(=O)(=O)C2)CC1. The minimum Gasteiger partial charge on any atom is -0.339 e. The molecule has 2 aliphatic heterocycles. The highest BCUT2D eigenvalue weighted by Crippen LogP contribution is 2.24. The third kappa shape index (κ3) is 6.24. The quantitative estimate of drug-likeness (QED) is 0.665. The van der Waals surface area contributed by atoms with Crippen LogP contribution in [-0.4, -0.2) is 78.7 Å². The molecular weight excluding hydrogens is 396 g/mol. The summed E-state index contributed by atoms with van der Waals surface area (Å²) in [5.74, 6) is 0.963. The first-order valence-corrected chi connectivity index (χ1v) is 12.7. The van der Waals surface area contributed by atoms with Crippen molar-refractivity contribution in [2.45, 2.75) is 30.9 Å². The number of amides is 2. The number of hydrogen-bond acceptors (Lipinski definition) is 5. The summed E-state index contributed by atoms with van der Waals surface area (Å²) in [6, 6.07) is 10.2. The van der Waals surface area contributed by atoms with Crippen LogP contribution in [0.4, 0.5) is 0 Å². The van der Waals surface area contributed by atoms with Crippen LogP contribution in [0.2, 0.25) is 0 Å². The molecule has 3 rings (SSSR count). The Labute approximate surface area is 171 Å². The monoisotopic (exact) mass is 424 g/mol. The van der Waals surface area contributed by atoms with E-state index in [9.17, 15) is 18.0 Å². The summed E-state index contributed by atoms with van der Waals surface area (Å²) >= 11 is 1.45. The van der Waals surface area contributed by atoms with Gasteiger partial charge in [0.05, 0.1) is 17.3 Å². The van der Waals surface area contributed by atoms with Crippen molar-refractivity contribution < 1.29 is 18.0 Å². The van der Waals surface area contributed by atoms with E-state index in [0.29, 0.717) is 44.8 Å². The van der Waals surface area contributed by atoms with Gasteiger partial charge in [-0.1, -0.05) is 30.3 Å². The van der Waals surface area contributed by atoms with Crippen molar-refractivity contribution in [3.05, 3.63) is 35.9 Å². The zero-order valence-electron chi connectivity index (χ0n) is 16.1. The molecule has 0 saturated carbocycles. The van der Waals surface area contributed by atoms with E-state index in [0.717, 1.165) is 12.8 Å². The normalized spacial score (nSPS) is 21.6. The fraction of sp³-hybridized carbons (Fsp3) is 0.600. The predicted octanol–water partition coefficient (Wildman–Crippen LogP) is 1.60. The number of rotatable bonds is 7. The molecule has 1 aromatic rings. The number of nitrogens with zero attached hydrogens (tertiary/aromatic N) is 2. The number of carbonyl (C=O) groups is 2. The Kier molecular flexibility index (Phi) is 7.40. The fourth-order valence-electron chi connectivity index (χ4n) is 3.62. The van der Waals surface area contributed by atoms with Crippen molar-refractivity contribution in [2.24, 2.45) is 0 Å². The molecule has 0 bridgehead atoms. The molecule has 2 amide bonds. The third-order valence-corrected chi connectivity index (χ3v) is 8.58. The Morgan fingerprint density at radius 2 is 1.64 bits per heavy atom. The number of sulfone groups is 1. The first-order chi connectivity index (χ1) is 13.4. The van der Waals surface area contributed by atoms with Crippen molar-refractivity contribution in [2.75, 3.05) is 43.4 Å². The van der Waals surface area contributed by atoms with Crippen LogP contribution < -0.4 is 0 Å². The summed E-state index contributed by atoms with van der Waals surface area (Å²) in [4.78, 5) is 28.4. The zero-order chi connectivity index (χ0) is 20.0. The van der Waals surface area contributed by atoms with Crippen LogP contribution in [-0.2, 0) is 25.8 Å².